The van der Waals surface area contributed by atoms with E-state index >= 15 is 0 Å². The molecule has 1 aliphatic rings. The van der Waals surface area contributed by atoms with Crippen LogP contribution in [0.2, 0.25) is 0 Å². The van der Waals surface area contributed by atoms with Crippen molar-refractivity contribution in [1.29, 1.82) is 0 Å². The van der Waals surface area contributed by atoms with Crippen molar-refractivity contribution >= 4 is 12.1 Å². The number of esters is 1. The molecular formula is C21H29NO4. The van der Waals surface area contributed by atoms with E-state index in [0.717, 1.165) is 5.56 Å². The highest BCUT2D eigenvalue weighted by Crippen LogP contribution is 2.31. The Kier molecular flexibility index (Phi) is 5.79. The van der Waals surface area contributed by atoms with Crippen LogP contribution in [0.15, 0.2) is 42.5 Å². The van der Waals surface area contributed by atoms with E-state index in [1.54, 1.807) is 0 Å². The van der Waals surface area contributed by atoms with Gasteiger partial charge in [0, 0.05) is 12.5 Å². The number of hydrogen-bond donors (Lipinski definition) is 0. The first-order valence-electron chi connectivity index (χ1n) is 8.92. The quantitative estimate of drug-likeness (QED) is 0.584. The van der Waals surface area contributed by atoms with Crippen LogP contribution in [-0.2, 0) is 14.3 Å². The predicted molar refractivity (Wildman–Crippen MR) is 101 cm³/mol. The average molecular weight is 359 g/mol. The highest BCUT2D eigenvalue weighted by Gasteiger charge is 2.42. The van der Waals surface area contributed by atoms with Crippen molar-refractivity contribution in [2.75, 3.05) is 6.54 Å². The number of amides is 1. The van der Waals surface area contributed by atoms with Crippen molar-refractivity contribution in [3.8, 4) is 0 Å². The number of carbonyl (C=O) groups excluding carboxylic acids is 2. The number of nitrogens with zero attached hydrogens (tertiary/aromatic N) is 1. The van der Waals surface area contributed by atoms with Gasteiger partial charge in [0.1, 0.15) is 17.2 Å². The van der Waals surface area contributed by atoms with Crippen LogP contribution in [0.1, 0.15) is 53.0 Å². The average Bonchev–Trinajstić information content (AvgIpc) is 2.51. The van der Waals surface area contributed by atoms with E-state index in [4.69, 9.17) is 9.47 Å². The van der Waals surface area contributed by atoms with Gasteiger partial charge in [-0.05, 0) is 47.1 Å². The Labute approximate surface area is 156 Å². The Balaban J connectivity index is 2.38. The lowest BCUT2D eigenvalue weighted by Gasteiger charge is -2.38. The largest absolute Gasteiger partial charge is 0.458 e. The van der Waals surface area contributed by atoms with Crippen LogP contribution in [0.25, 0.3) is 0 Å². The van der Waals surface area contributed by atoms with Crippen LogP contribution in [0, 0.1) is 0 Å². The summed E-state index contributed by atoms with van der Waals surface area (Å²) < 4.78 is 11.1. The molecule has 1 heterocycles. The van der Waals surface area contributed by atoms with E-state index in [1.807, 2.05) is 84.0 Å². The van der Waals surface area contributed by atoms with Crippen molar-refractivity contribution in [2.24, 2.45) is 0 Å². The summed E-state index contributed by atoms with van der Waals surface area (Å²) in [6.07, 6.45) is 3.34. The first kappa shape index (κ1) is 20.0. The van der Waals surface area contributed by atoms with Gasteiger partial charge in [-0.3, -0.25) is 4.90 Å². The van der Waals surface area contributed by atoms with E-state index in [0.29, 0.717) is 6.54 Å². The summed E-state index contributed by atoms with van der Waals surface area (Å²) >= 11 is 0. The molecule has 0 fully saturated rings. The maximum atomic E-state index is 13.0. The molecule has 1 aromatic rings. The van der Waals surface area contributed by atoms with Gasteiger partial charge in [0.25, 0.3) is 0 Å². The number of rotatable bonds is 2. The zero-order valence-corrected chi connectivity index (χ0v) is 16.5. The fourth-order valence-corrected chi connectivity index (χ4v) is 2.85. The van der Waals surface area contributed by atoms with Gasteiger partial charge in [-0.1, -0.05) is 42.5 Å². The van der Waals surface area contributed by atoms with Crippen LogP contribution < -0.4 is 0 Å². The van der Waals surface area contributed by atoms with Gasteiger partial charge in [-0.2, -0.15) is 0 Å². The Hall–Kier alpha value is -2.30. The van der Waals surface area contributed by atoms with Crippen molar-refractivity contribution in [1.82, 2.24) is 4.90 Å². The molecule has 142 valence electrons. The number of ether oxygens (including phenoxy) is 2. The molecule has 1 aromatic carbocycles. The van der Waals surface area contributed by atoms with E-state index in [-0.39, 0.29) is 5.92 Å². The van der Waals surface area contributed by atoms with Gasteiger partial charge in [0.05, 0.1) is 0 Å². The monoisotopic (exact) mass is 359 g/mol. The highest BCUT2D eigenvalue weighted by atomic mass is 16.6. The minimum absolute atomic E-state index is 0.285. The van der Waals surface area contributed by atoms with Crippen LogP contribution >= 0.6 is 0 Å². The first-order valence-corrected chi connectivity index (χ1v) is 8.92. The molecule has 1 amide bonds. The maximum absolute atomic E-state index is 13.0. The Bertz CT molecular complexity index is 667. The zero-order chi connectivity index (χ0) is 19.5. The van der Waals surface area contributed by atoms with Crippen LogP contribution in [0.3, 0.4) is 0 Å². The molecule has 0 aromatic heterocycles. The second-order valence-corrected chi connectivity index (χ2v) is 8.48. The third kappa shape index (κ3) is 5.35. The minimum atomic E-state index is -0.767. The van der Waals surface area contributed by atoms with E-state index in [1.165, 1.54) is 4.90 Å². The van der Waals surface area contributed by atoms with Gasteiger partial charge < -0.3 is 9.47 Å². The Morgan fingerprint density at radius 3 is 2.08 bits per heavy atom. The molecule has 0 saturated heterocycles. The maximum Gasteiger partial charge on any atom is 0.411 e. The van der Waals surface area contributed by atoms with E-state index in [9.17, 15) is 9.59 Å². The molecule has 2 atom stereocenters. The van der Waals surface area contributed by atoms with E-state index in [2.05, 4.69) is 0 Å². The molecule has 5 nitrogen and oxygen atoms in total. The molecule has 0 radical (unpaired) electrons. The summed E-state index contributed by atoms with van der Waals surface area (Å²) in [5.41, 5.74) is -0.328. The van der Waals surface area contributed by atoms with Gasteiger partial charge in [-0.15, -0.1) is 0 Å². The molecule has 0 aliphatic carbocycles. The first-order chi connectivity index (χ1) is 12.0. The lowest BCUT2D eigenvalue weighted by molar-refractivity contribution is -0.161. The van der Waals surface area contributed by atoms with E-state index < -0.39 is 29.3 Å². The molecular weight excluding hydrogens is 330 g/mol. The zero-order valence-electron chi connectivity index (χ0n) is 16.5. The second kappa shape index (κ2) is 7.52. The molecule has 0 unspecified atom stereocenters. The lowest BCUT2D eigenvalue weighted by atomic mass is 9.87. The summed E-state index contributed by atoms with van der Waals surface area (Å²) in [6, 6.07) is 8.89. The predicted octanol–water partition coefficient (Wildman–Crippen LogP) is 4.29. The lowest BCUT2D eigenvalue weighted by Crippen LogP contribution is -2.53. The standard InChI is InChI=1S/C21H29NO4/c1-20(2,3)25-18(23)17-16(15-11-8-7-9-12-15)13-10-14-22(17)19(24)26-21(4,5)6/h7-13,16-17H,14H2,1-6H3/t16-,17-/m0/s1. The smallest absolute Gasteiger partial charge is 0.411 e. The molecule has 2 rings (SSSR count). The van der Waals surface area contributed by atoms with Crippen LogP contribution in [0.5, 0.6) is 0 Å². The molecule has 0 N–H and O–H groups in total. The van der Waals surface area contributed by atoms with Gasteiger partial charge in [0.2, 0.25) is 0 Å². The van der Waals surface area contributed by atoms with Gasteiger partial charge in [-0.25, -0.2) is 9.59 Å². The summed E-state index contributed by atoms with van der Waals surface area (Å²) in [5, 5.41) is 0. The third-order valence-electron chi connectivity index (χ3n) is 3.78. The van der Waals surface area contributed by atoms with Gasteiger partial charge >= 0.3 is 12.1 Å². The topological polar surface area (TPSA) is 55.8 Å². The minimum Gasteiger partial charge on any atom is -0.458 e. The molecule has 1 aliphatic heterocycles. The fraction of sp³-hybridized carbons (Fsp3) is 0.524. The van der Waals surface area contributed by atoms with Crippen molar-refractivity contribution in [3.05, 3.63) is 48.0 Å². The molecule has 5 heteroatoms. The number of hydrogen-bond acceptors (Lipinski definition) is 4. The number of benzene rings is 1. The SMILES string of the molecule is CC(C)(C)OC(=O)[C@@H]1[C@H](c2ccccc2)C=CCN1C(=O)OC(C)(C)C. The summed E-state index contributed by atoms with van der Waals surface area (Å²) in [7, 11) is 0. The molecule has 0 bridgehead atoms. The van der Waals surface area contributed by atoms with Gasteiger partial charge in [0.15, 0.2) is 0 Å². The van der Waals surface area contributed by atoms with Crippen molar-refractivity contribution < 1.29 is 19.1 Å². The summed E-state index contributed by atoms with van der Waals surface area (Å²) in [5.74, 6) is -0.714. The third-order valence-corrected chi connectivity index (χ3v) is 3.78. The highest BCUT2D eigenvalue weighted by molar-refractivity contribution is 5.84. The number of carbonyl (C=O) groups is 2. The molecule has 0 saturated carbocycles. The van der Waals surface area contributed by atoms with Crippen molar-refractivity contribution in [2.45, 2.75) is 64.7 Å². The Morgan fingerprint density at radius 1 is 0.962 bits per heavy atom. The molecule has 26 heavy (non-hydrogen) atoms. The fourth-order valence-electron chi connectivity index (χ4n) is 2.85. The summed E-state index contributed by atoms with van der Waals surface area (Å²) in [4.78, 5) is 27.2. The normalized spacial score (nSPS) is 20.6. The van der Waals surface area contributed by atoms with Crippen LogP contribution in [-0.4, -0.2) is 40.8 Å². The van der Waals surface area contributed by atoms with Crippen molar-refractivity contribution in [3.63, 3.8) is 0 Å². The van der Waals surface area contributed by atoms with Crippen LogP contribution in [0.4, 0.5) is 4.79 Å². The second-order valence-electron chi connectivity index (χ2n) is 8.48. The Morgan fingerprint density at radius 2 is 1.54 bits per heavy atom. The summed E-state index contributed by atoms with van der Waals surface area (Å²) in [6.45, 7) is 11.2. The molecule has 0 spiro atoms.